The van der Waals surface area contributed by atoms with Crippen molar-refractivity contribution in [3.63, 3.8) is 0 Å². The Balaban J connectivity index is 1.75. The summed E-state index contributed by atoms with van der Waals surface area (Å²) in [6, 6.07) is 16.5. The monoisotopic (exact) mass is 331 g/mol. The molecule has 1 aliphatic rings. The van der Waals surface area contributed by atoms with Gasteiger partial charge in [-0.25, -0.2) is 0 Å². The number of benzene rings is 2. The minimum absolute atomic E-state index is 0.0588. The first-order valence-electron chi connectivity index (χ1n) is 6.86. The van der Waals surface area contributed by atoms with Crippen LogP contribution in [0.25, 0.3) is 0 Å². The molecule has 0 amide bonds. The van der Waals surface area contributed by atoms with Crippen LogP contribution in [0.1, 0.15) is 18.1 Å². The van der Waals surface area contributed by atoms with Gasteiger partial charge < -0.3 is 10.4 Å². The van der Waals surface area contributed by atoms with Gasteiger partial charge in [0.15, 0.2) is 0 Å². The number of anilines is 1. The van der Waals surface area contributed by atoms with E-state index in [0.717, 1.165) is 22.1 Å². The van der Waals surface area contributed by atoms with Gasteiger partial charge in [0.25, 0.3) is 0 Å². The normalized spacial score (nSPS) is 20.1. The van der Waals surface area contributed by atoms with Crippen LogP contribution in [0.3, 0.4) is 0 Å². The van der Waals surface area contributed by atoms with E-state index >= 15 is 0 Å². The molecule has 3 rings (SSSR count). The highest BCUT2D eigenvalue weighted by molar-refractivity contribution is 9.10. The van der Waals surface area contributed by atoms with E-state index in [2.05, 4.69) is 45.5 Å². The van der Waals surface area contributed by atoms with Crippen molar-refractivity contribution in [2.75, 3.05) is 5.32 Å². The lowest BCUT2D eigenvalue weighted by molar-refractivity contribution is 0.0420. The summed E-state index contributed by atoms with van der Waals surface area (Å²) in [5.74, 6) is 0. The molecule has 0 aliphatic carbocycles. The highest BCUT2D eigenvalue weighted by Gasteiger charge is 2.36. The maximum absolute atomic E-state index is 10.8. The van der Waals surface area contributed by atoms with E-state index in [9.17, 15) is 5.11 Å². The van der Waals surface area contributed by atoms with Crippen molar-refractivity contribution in [3.8, 4) is 0 Å². The van der Waals surface area contributed by atoms with E-state index in [1.165, 1.54) is 5.56 Å². The van der Waals surface area contributed by atoms with Crippen molar-refractivity contribution in [1.29, 1.82) is 0 Å². The van der Waals surface area contributed by atoms with E-state index in [4.69, 9.17) is 0 Å². The number of fused-ring (bicyclic) bond motifs is 1. The van der Waals surface area contributed by atoms with Gasteiger partial charge in [-0.05, 0) is 42.7 Å². The summed E-state index contributed by atoms with van der Waals surface area (Å²) in [7, 11) is 0. The fraction of sp³-hybridized carbons (Fsp3) is 0.294. The molecule has 3 heteroatoms. The Morgan fingerprint density at radius 1 is 1.20 bits per heavy atom. The first kappa shape index (κ1) is 13.7. The van der Waals surface area contributed by atoms with Crippen molar-refractivity contribution in [2.45, 2.75) is 31.4 Å². The van der Waals surface area contributed by atoms with Crippen molar-refractivity contribution >= 4 is 21.6 Å². The third-order valence-corrected chi connectivity index (χ3v) is 4.53. The SMILES string of the molecule is CC(O)(Cc1ccc(Br)cc1)C1Cc2ccccc2N1. The molecule has 2 aromatic rings. The van der Waals surface area contributed by atoms with Gasteiger partial charge in [0.05, 0.1) is 11.6 Å². The molecule has 20 heavy (non-hydrogen) atoms. The lowest BCUT2D eigenvalue weighted by atomic mass is 9.87. The van der Waals surface area contributed by atoms with Gasteiger partial charge in [0, 0.05) is 16.6 Å². The van der Waals surface area contributed by atoms with Gasteiger partial charge in [-0.3, -0.25) is 0 Å². The number of aliphatic hydroxyl groups is 1. The topological polar surface area (TPSA) is 32.3 Å². The highest BCUT2D eigenvalue weighted by atomic mass is 79.9. The predicted molar refractivity (Wildman–Crippen MR) is 86.0 cm³/mol. The molecule has 2 atom stereocenters. The summed E-state index contributed by atoms with van der Waals surface area (Å²) >= 11 is 3.44. The van der Waals surface area contributed by atoms with E-state index in [0.29, 0.717) is 6.42 Å². The van der Waals surface area contributed by atoms with Crippen LogP contribution in [0.2, 0.25) is 0 Å². The maximum atomic E-state index is 10.8. The molecule has 0 fully saturated rings. The predicted octanol–water partition coefficient (Wildman–Crippen LogP) is 3.78. The number of halogens is 1. The Bertz CT molecular complexity index is 582. The third kappa shape index (κ3) is 2.74. The van der Waals surface area contributed by atoms with Crippen LogP contribution in [0.15, 0.2) is 53.0 Å². The van der Waals surface area contributed by atoms with Crippen LogP contribution >= 0.6 is 15.9 Å². The summed E-state index contributed by atoms with van der Waals surface area (Å²) in [6.07, 6.45) is 1.52. The summed E-state index contributed by atoms with van der Waals surface area (Å²) < 4.78 is 1.06. The average molecular weight is 332 g/mol. The Morgan fingerprint density at radius 3 is 2.60 bits per heavy atom. The maximum Gasteiger partial charge on any atom is 0.0863 e. The molecular weight excluding hydrogens is 314 g/mol. The lowest BCUT2D eigenvalue weighted by Crippen LogP contribution is -2.45. The minimum Gasteiger partial charge on any atom is -0.388 e. The van der Waals surface area contributed by atoms with E-state index in [-0.39, 0.29) is 6.04 Å². The van der Waals surface area contributed by atoms with Crippen LogP contribution in [-0.4, -0.2) is 16.7 Å². The lowest BCUT2D eigenvalue weighted by Gasteiger charge is -2.30. The molecule has 0 spiro atoms. The molecule has 0 bridgehead atoms. The van der Waals surface area contributed by atoms with Gasteiger partial charge >= 0.3 is 0 Å². The van der Waals surface area contributed by atoms with Crippen LogP contribution in [0, 0.1) is 0 Å². The molecule has 2 N–H and O–H groups in total. The molecule has 0 saturated carbocycles. The second-order valence-electron chi connectivity index (χ2n) is 5.72. The van der Waals surface area contributed by atoms with Gasteiger partial charge in [0.2, 0.25) is 0 Å². The molecule has 1 aliphatic heterocycles. The van der Waals surface area contributed by atoms with Crippen LogP contribution in [0.4, 0.5) is 5.69 Å². The molecule has 2 aromatic carbocycles. The number of para-hydroxylation sites is 1. The highest BCUT2D eigenvalue weighted by Crippen LogP contribution is 2.32. The molecule has 2 unspecified atom stereocenters. The van der Waals surface area contributed by atoms with Crippen LogP contribution in [-0.2, 0) is 12.8 Å². The number of hydrogen-bond donors (Lipinski definition) is 2. The average Bonchev–Trinajstić information content (AvgIpc) is 2.86. The Morgan fingerprint density at radius 2 is 1.90 bits per heavy atom. The van der Waals surface area contributed by atoms with Crippen LogP contribution in [0.5, 0.6) is 0 Å². The standard InChI is InChI=1S/C17H18BrNO/c1-17(20,11-12-6-8-14(18)9-7-12)16-10-13-4-2-3-5-15(13)19-16/h2-9,16,19-20H,10-11H2,1H3. The second kappa shape index (κ2) is 5.23. The van der Waals surface area contributed by atoms with E-state index in [1.807, 2.05) is 31.2 Å². The summed E-state index contributed by atoms with van der Waals surface area (Å²) in [6.45, 7) is 1.92. The Kier molecular flexibility index (Phi) is 3.57. The van der Waals surface area contributed by atoms with E-state index in [1.54, 1.807) is 0 Å². The van der Waals surface area contributed by atoms with Gasteiger partial charge in [-0.1, -0.05) is 46.3 Å². The molecule has 1 heterocycles. The molecular formula is C17H18BrNO. The number of rotatable bonds is 3. The van der Waals surface area contributed by atoms with E-state index < -0.39 is 5.60 Å². The van der Waals surface area contributed by atoms with Gasteiger partial charge in [-0.15, -0.1) is 0 Å². The molecule has 104 valence electrons. The zero-order valence-corrected chi connectivity index (χ0v) is 13.0. The quantitative estimate of drug-likeness (QED) is 0.897. The van der Waals surface area contributed by atoms with Crippen molar-refractivity contribution < 1.29 is 5.11 Å². The molecule has 2 nitrogen and oxygen atoms in total. The molecule has 0 aromatic heterocycles. The largest absolute Gasteiger partial charge is 0.388 e. The molecule has 0 radical (unpaired) electrons. The molecule has 0 saturated heterocycles. The summed E-state index contributed by atoms with van der Waals surface area (Å²) in [5, 5.41) is 14.3. The first-order chi connectivity index (χ1) is 9.54. The van der Waals surface area contributed by atoms with Crippen molar-refractivity contribution in [2.24, 2.45) is 0 Å². The van der Waals surface area contributed by atoms with Gasteiger partial charge in [-0.2, -0.15) is 0 Å². The number of nitrogens with one attached hydrogen (secondary N) is 1. The minimum atomic E-state index is -0.771. The Hall–Kier alpha value is -1.32. The van der Waals surface area contributed by atoms with Crippen LogP contribution < -0.4 is 5.32 Å². The van der Waals surface area contributed by atoms with Gasteiger partial charge in [0.1, 0.15) is 0 Å². The van der Waals surface area contributed by atoms with Crippen molar-refractivity contribution in [1.82, 2.24) is 0 Å². The van der Waals surface area contributed by atoms with Crippen molar-refractivity contribution in [3.05, 3.63) is 64.1 Å². The fourth-order valence-electron chi connectivity index (χ4n) is 2.81. The first-order valence-corrected chi connectivity index (χ1v) is 7.65. The third-order valence-electron chi connectivity index (χ3n) is 4.00. The zero-order valence-electron chi connectivity index (χ0n) is 11.4. The number of hydrogen-bond acceptors (Lipinski definition) is 2. The smallest absolute Gasteiger partial charge is 0.0863 e. The fourth-order valence-corrected chi connectivity index (χ4v) is 3.08. The summed E-state index contributed by atoms with van der Waals surface area (Å²) in [5.41, 5.74) is 2.81. The Labute approximate surface area is 128 Å². The zero-order chi connectivity index (χ0) is 14.2. The second-order valence-corrected chi connectivity index (χ2v) is 6.63. The summed E-state index contributed by atoms with van der Waals surface area (Å²) in [4.78, 5) is 0.